The first-order chi connectivity index (χ1) is 13.2. The van der Waals surface area contributed by atoms with Crippen LogP contribution in [0.1, 0.15) is 12.8 Å². The predicted octanol–water partition coefficient (Wildman–Crippen LogP) is 4.30. The van der Waals surface area contributed by atoms with Crippen LogP contribution in [0.2, 0.25) is 0 Å². The van der Waals surface area contributed by atoms with Crippen LogP contribution in [0.3, 0.4) is 0 Å². The second-order valence-electron chi connectivity index (χ2n) is 6.53. The van der Waals surface area contributed by atoms with Gasteiger partial charge in [0.2, 0.25) is 5.91 Å². The summed E-state index contributed by atoms with van der Waals surface area (Å²) in [6.45, 7) is 1.46. The highest BCUT2D eigenvalue weighted by Crippen LogP contribution is 2.33. The molecular formula is C20H20FN3O2S. The molecule has 0 unspecified atom stereocenters. The van der Waals surface area contributed by atoms with Gasteiger partial charge in [0, 0.05) is 19.0 Å². The summed E-state index contributed by atoms with van der Waals surface area (Å²) in [5, 5.41) is 3.79. The Morgan fingerprint density at radius 1 is 1.22 bits per heavy atom. The summed E-state index contributed by atoms with van der Waals surface area (Å²) in [5.41, 5.74) is 1.11. The van der Waals surface area contributed by atoms with Crippen LogP contribution in [0.5, 0.6) is 5.75 Å². The molecule has 1 saturated heterocycles. The fourth-order valence-electron chi connectivity index (χ4n) is 3.35. The molecule has 0 atom stereocenters. The van der Waals surface area contributed by atoms with Crippen molar-refractivity contribution in [3.63, 3.8) is 0 Å². The van der Waals surface area contributed by atoms with Gasteiger partial charge >= 0.3 is 0 Å². The van der Waals surface area contributed by atoms with E-state index in [2.05, 4.69) is 15.2 Å². The first-order valence-electron chi connectivity index (χ1n) is 8.89. The Labute approximate surface area is 160 Å². The van der Waals surface area contributed by atoms with Gasteiger partial charge in [-0.1, -0.05) is 29.5 Å². The molecule has 0 bridgehead atoms. The molecule has 0 aliphatic carbocycles. The fraction of sp³-hybridized carbons (Fsp3) is 0.300. The predicted molar refractivity (Wildman–Crippen MR) is 106 cm³/mol. The summed E-state index contributed by atoms with van der Waals surface area (Å²) >= 11 is 1.49. The number of carbonyl (C=O) groups excluding carboxylic acids is 1. The van der Waals surface area contributed by atoms with Gasteiger partial charge in [0.1, 0.15) is 17.1 Å². The first kappa shape index (κ1) is 17.7. The molecule has 140 valence electrons. The molecule has 0 saturated carbocycles. The van der Waals surface area contributed by atoms with E-state index in [1.807, 2.05) is 30.3 Å². The molecular weight excluding hydrogens is 365 g/mol. The number of aromatic nitrogens is 1. The third-order valence-electron chi connectivity index (χ3n) is 4.86. The van der Waals surface area contributed by atoms with Gasteiger partial charge in [-0.25, -0.2) is 9.37 Å². The molecule has 1 aromatic heterocycles. The number of methoxy groups -OCH3 is 1. The summed E-state index contributed by atoms with van der Waals surface area (Å²) < 4.78 is 20.0. The molecule has 1 fully saturated rings. The number of hydrogen-bond acceptors (Lipinski definition) is 5. The molecule has 2 heterocycles. The molecule has 1 aliphatic heterocycles. The van der Waals surface area contributed by atoms with Gasteiger partial charge in [-0.15, -0.1) is 0 Å². The van der Waals surface area contributed by atoms with E-state index in [0.717, 1.165) is 35.8 Å². The van der Waals surface area contributed by atoms with E-state index in [-0.39, 0.29) is 17.6 Å². The zero-order chi connectivity index (χ0) is 18.8. The fourth-order valence-corrected chi connectivity index (χ4v) is 4.39. The molecule has 0 spiro atoms. The standard InChI is InChI=1S/C20H20FN3O2S/c1-26-16-7-3-2-6-15(16)22-19(25)13-9-11-24(12-10-13)20-23-18-14(21)5-4-8-17(18)27-20/h2-8,13H,9-12H2,1H3,(H,22,25). The summed E-state index contributed by atoms with van der Waals surface area (Å²) in [7, 11) is 1.59. The van der Waals surface area contributed by atoms with Crippen LogP contribution < -0.4 is 15.0 Å². The number of halogens is 1. The first-order valence-corrected chi connectivity index (χ1v) is 9.71. The summed E-state index contributed by atoms with van der Waals surface area (Å²) in [4.78, 5) is 19.2. The molecule has 7 heteroatoms. The smallest absolute Gasteiger partial charge is 0.227 e. The van der Waals surface area contributed by atoms with Crippen molar-refractivity contribution in [1.29, 1.82) is 0 Å². The highest BCUT2D eigenvalue weighted by Gasteiger charge is 2.27. The van der Waals surface area contributed by atoms with Gasteiger partial charge in [-0.2, -0.15) is 0 Å². The van der Waals surface area contributed by atoms with Gasteiger partial charge in [0.15, 0.2) is 5.13 Å². The van der Waals surface area contributed by atoms with E-state index in [1.54, 1.807) is 13.2 Å². The van der Waals surface area contributed by atoms with Crippen molar-refractivity contribution in [3.05, 3.63) is 48.3 Å². The molecule has 3 aromatic rings. The highest BCUT2D eigenvalue weighted by molar-refractivity contribution is 7.22. The van der Waals surface area contributed by atoms with Crippen molar-refractivity contribution in [3.8, 4) is 5.75 Å². The third kappa shape index (κ3) is 3.60. The van der Waals surface area contributed by atoms with Gasteiger partial charge in [-0.05, 0) is 37.1 Å². The maximum atomic E-state index is 13.9. The van der Waals surface area contributed by atoms with Crippen molar-refractivity contribution in [2.45, 2.75) is 12.8 Å². The van der Waals surface area contributed by atoms with E-state index < -0.39 is 0 Å². The van der Waals surface area contributed by atoms with E-state index >= 15 is 0 Å². The highest BCUT2D eigenvalue weighted by atomic mass is 32.1. The number of nitrogens with zero attached hydrogens (tertiary/aromatic N) is 2. The number of nitrogens with one attached hydrogen (secondary N) is 1. The van der Waals surface area contributed by atoms with Crippen molar-refractivity contribution in [2.24, 2.45) is 5.92 Å². The summed E-state index contributed by atoms with van der Waals surface area (Å²) in [5.74, 6) is 0.313. The van der Waals surface area contributed by atoms with E-state index in [4.69, 9.17) is 4.74 Å². The average molecular weight is 385 g/mol. The van der Waals surface area contributed by atoms with E-state index in [0.29, 0.717) is 17.0 Å². The summed E-state index contributed by atoms with van der Waals surface area (Å²) in [6, 6.07) is 12.4. The molecule has 27 heavy (non-hydrogen) atoms. The number of ether oxygens (including phenoxy) is 1. The third-order valence-corrected chi connectivity index (χ3v) is 5.94. The van der Waals surface area contributed by atoms with Crippen LogP contribution in [0.25, 0.3) is 10.2 Å². The van der Waals surface area contributed by atoms with Crippen LogP contribution in [-0.2, 0) is 4.79 Å². The molecule has 1 aliphatic rings. The lowest BCUT2D eigenvalue weighted by molar-refractivity contribution is -0.120. The van der Waals surface area contributed by atoms with Crippen molar-refractivity contribution >= 4 is 38.3 Å². The Morgan fingerprint density at radius 2 is 2.00 bits per heavy atom. The van der Waals surface area contributed by atoms with Crippen molar-refractivity contribution in [2.75, 3.05) is 30.4 Å². The number of anilines is 2. The molecule has 4 rings (SSSR count). The molecule has 1 amide bonds. The average Bonchev–Trinajstić information content (AvgIpc) is 3.14. The monoisotopic (exact) mass is 385 g/mol. The minimum Gasteiger partial charge on any atom is -0.495 e. The Balaban J connectivity index is 1.40. The second kappa shape index (κ2) is 7.52. The maximum Gasteiger partial charge on any atom is 0.227 e. The van der Waals surface area contributed by atoms with Crippen LogP contribution in [0, 0.1) is 11.7 Å². The quantitative estimate of drug-likeness (QED) is 0.728. The van der Waals surface area contributed by atoms with Crippen molar-refractivity contribution < 1.29 is 13.9 Å². The second-order valence-corrected chi connectivity index (χ2v) is 7.54. The van der Waals surface area contributed by atoms with Gasteiger partial charge < -0.3 is 15.0 Å². The van der Waals surface area contributed by atoms with Gasteiger partial charge in [-0.3, -0.25) is 4.79 Å². The molecule has 0 radical (unpaired) electrons. The number of fused-ring (bicyclic) bond motifs is 1. The Hall–Kier alpha value is -2.67. The minimum absolute atomic E-state index is 0.00879. The number of carbonyl (C=O) groups is 1. The van der Waals surface area contributed by atoms with Gasteiger partial charge in [0.05, 0.1) is 17.5 Å². The lowest BCUT2D eigenvalue weighted by Crippen LogP contribution is -2.38. The Morgan fingerprint density at radius 3 is 2.74 bits per heavy atom. The topological polar surface area (TPSA) is 54.5 Å². The van der Waals surface area contributed by atoms with Crippen LogP contribution in [0.15, 0.2) is 42.5 Å². The Kier molecular flexibility index (Phi) is 4.94. The lowest BCUT2D eigenvalue weighted by Gasteiger charge is -2.31. The van der Waals surface area contributed by atoms with E-state index in [9.17, 15) is 9.18 Å². The normalized spacial score (nSPS) is 15.1. The number of hydrogen-bond donors (Lipinski definition) is 1. The number of para-hydroxylation sites is 3. The lowest BCUT2D eigenvalue weighted by atomic mass is 9.96. The number of thiazole rings is 1. The molecule has 1 N–H and O–H groups in total. The minimum atomic E-state index is -0.291. The van der Waals surface area contributed by atoms with E-state index in [1.165, 1.54) is 17.4 Å². The van der Waals surface area contributed by atoms with Crippen LogP contribution in [-0.4, -0.2) is 31.1 Å². The number of amides is 1. The number of rotatable bonds is 4. The zero-order valence-corrected chi connectivity index (χ0v) is 15.8. The summed E-state index contributed by atoms with van der Waals surface area (Å²) in [6.07, 6.45) is 1.47. The van der Waals surface area contributed by atoms with Crippen molar-refractivity contribution in [1.82, 2.24) is 4.98 Å². The van der Waals surface area contributed by atoms with Gasteiger partial charge in [0.25, 0.3) is 0 Å². The van der Waals surface area contributed by atoms with Crippen LogP contribution >= 0.6 is 11.3 Å². The Bertz CT molecular complexity index is 967. The number of benzene rings is 2. The molecule has 5 nitrogen and oxygen atoms in total. The zero-order valence-electron chi connectivity index (χ0n) is 14.9. The van der Waals surface area contributed by atoms with Crippen LogP contribution in [0.4, 0.5) is 15.2 Å². The molecule has 2 aromatic carbocycles. The number of piperidine rings is 1. The SMILES string of the molecule is COc1ccccc1NC(=O)C1CCN(c2nc3c(F)cccc3s2)CC1. The maximum absolute atomic E-state index is 13.9. The largest absolute Gasteiger partial charge is 0.495 e.